The third-order valence-electron chi connectivity index (χ3n) is 6.73. The topological polar surface area (TPSA) is 145 Å². The summed E-state index contributed by atoms with van der Waals surface area (Å²) in [5.41, 5.74) is 7.90. The van der Waals surface area contributed by atoms with Gasteiger partial charge in [-0.25, -0.2) is 13.2 Å². The molecule has 3 heterocycles. The number of likely N-dealkylation sites (tertiary alicyclic amines) is 1. The lowest BCUT2D eigenvalue weighted by molar-refractivity contribution is -0.192. The Morgan fingerprint density at radius 1 is 1.18 bits per heavy atom. The summed E-state index contributed by atoms with van der Waals surface area (Å²) in [6.07, 6.45) is -4.69. The number of hydrogen-bond donors (Lipinski definition) is 3. The lowest BCUT2D eigenvalue weighted by Gasteiger charge is -2.27. The molecule has 1 atom stereocenters. The number of rotatable bonds is 8. The first kappa shape index (κ1) is 33.4. The number of nitrogens with two attached hydrogens (primary N) is 1. The van der Waals surface area contributed by atoms with Gasteiger partial charge in [0.25, 0.3) is 10.0 Å². The molecule has 234 valence electrons. The lowest BCUT2D eigenvalue weighted by atomic mass is 10.2. The molecule has 1 aliphatic heterocycles. The number of aryl methyl sites for hydroxylation is 1. The summed E-state index contributed by atoms with van der Waals surface area (Å²) in [6.45, 7) is 2.67. The van der Waals surface area contributed by atoms with Crippen LogP contribution >= 0.6 is 34.3 Å². The number of nitrogens with one attached hydrogen (secondary N) is 1. The molecule has 1 aliphatic rings. The maximum absolute atomic E-state index is 14.2. The van der Waals surface area contributed by atoms with Gasteiger partial charge in [-0.05, 0) is 65.1 Å². The monoisotopic (exact) mass is 686 g/mol. The Kier molecular flexibility index (Phi) is 10.0. The number of hydrogen-bond acceptors (Lipinski definition) is 7. The SMILES string of the molecule is Cc1c(S(=O)(=O)N(Cc2ccccc2)C2CCN(Cc3csc(C(=N)N)c3)C2=O)sc2ccc(Cl)cc12.O=C(O)C(F)(F)F. The molecule has 2 aromatic heterocycles. The van der Waals surface area contributed by atoms with Crippen LogP contribution in [0.4, 0.5) is 13.2 Å². The molecule has 0 radical (unpaired) electrons. The van der Waals surface area contributed by atoms with Crippen LogP contribution in [0.25, 0.3) is 10.1 Å². The van der Waals surface area contributed by atoms with Crippen LogP contribution in [0, 0.1) is 12.3 Å². The zero-order valence-corrected chi connectivity index (χ0v) is 26.2. The minimum absolute atomic E-state index is 0.0120. The highest BCUT2D eigenvalue weighted by Gasteiger charge is 2.43. The van der Waals surface area contributed by atoms with E-state index < -0.39 is 28.2 Å². The molecular formula is C28H26ClF3N4O5S3. The first-order chi connectivity index (χ1) is 20.6. The number of carboxylic acid groups (broad SMARTS) is 1. The molecule has 1 fully saturated rings. The van der Waals surface area contributed by atoms with Crippen molar-refractivity contribution in [2.24, 2.45) is 5.73 Å². The molecule has 0 aliphatic carbocycles. The summed E-state index contributed by atoms with van der Waals surface area (Å²) in [6, 6.07) is 15.7. The van der Waals surface area contributed by atoms with Crippen LogP contribution in [0.15, 0.2) is 64.2 Å². The fourth-order valence-corrected chi connectivity index (χ4v) is 9.01. The number of alkyl halides is 3. The summed E-state index contributed by atoms with van der Waals surface area (Å²) in [7, 11) is -4.01. The number of carboxylic acids is 1. The third kappa shape index (κ3) is 7.41. The average molecular weight is 687 g/mol. The number of sulfonamides is 1. The number of carbonyl (C=O) groups is 2. The highest BCUT2D eigenvalue weighted by Crippen LogP contribution is 2.39. The lowest BCUT2D eigenvalue weighted by Crippen LogP contribution is -2.44. The van der Waals surface area contributed by atoms with Crippen LogP contribution in [-0.4, -0.2) is 59.2 Å². The number of nitrogens with zero attached hydrogens (tertiary/aromatic N) is 2. The Labute approximate surface area is 263 Å². The number of fused-ring (bicyclic) bond motifs is 1. The molecule has 5 rings (SSSR count). The Hall–Kier alpha value is -3.50. The van der Waals surface area contributed by atoms with E-state index in [1.54, 1.807) is 30.0 Å². The van der Waals surface area contributed by atoms with Gasteiger partial charge in [0, 0.05) is 29.4 Å². The number of halogens is 4. The predicted molar refractivity (Wildman–Crippen MR) is 164 cm³/mol. The zero-order valence-electron chi connectivity index (χ0n) is 23.0. The van der Waals surface area contributed by atoms with Crippen molar-refractivity contribution in [3.05, 3.63) is 86.6 Å². The fourth-order valence-electron chi connectivity index (χ4n) is 4.62. The Morgan fingerprint density at radius 2 is 1.84 bits per heavy atom. The standard InChI is InChI=1S/C26H25ClN4O3S3.C2HF3O2/c1-16-20-12-19(27)7-8-22(20)36-26(16)37(33,34)31(14-17-5-3-2-4-6-17)21-9-10-30(25(21)32)13-18-11-23(24(28)29)35-15-18;3-2(4,5)1(6)7/h2-8,11-12,15,21H,9-10,13-14H2,1H3,(H3,28,29);(H,6,7). The van der Waals surface area contributed by atoms with Crippen molar-refractivity contribution < 1.29 is 36.3 Å². The first-order valence-electron chi connectivity index (χ1n) is 12.8. The van der Waals surface area contributed by atoms with Gasteiger partial charge in [-0.3, -0.25) is 10.2 Å². The second-order valence-electron chi connectivity index (χ2n) is 9.79. The van der Waals surface area contributed by atoms with Crippen molar-refractivity contribution in [3.63, 3.8) is 0 Å². The van der Waals surface area contributed by atoms with Crippen molar-refractivity contribution in [2.45, 2.75) is 42.9 Å². The second-order valence-corrected chi connectivity index (χ2v) is 14.3. The van der Waals surface area contributed by atoms with Gasteiger partial charge >= 0.3 is 12.1 Å². The highest BCUT2D eigenvalue weighted by atomic mass is 35.5. The van der Waals surface area contributed by atoms with E-state index in [1.165, 1.54) is 27.0 Å². The molecular weight excluding hydrogens is 661 g/mol. The Bertz CT molecular complexity index is 1810. The average Bonchev–Trinajstić information content (AvgIpc) is 3.66. The Balaban J connectivity index is 0.000000566. The summed E-state index contributed by atoms with van der Waals surface area (Å²) >= 11 is 8.74. The number of aliphatic carboxylic acids is 1. The van der Waals surface area contributed by atoms with E-state index in [0.717, 1.165) is 21.2 Å². The van der Waals surface area contributed by atoms with E-state index in [1.807, 2.05) is 41.8 Å². The van der Waals surface area contributed by atoms with E-state index in [9.17, 15) is 26.4 Å². The van der Waals surface area contributed by atoms with E-state index in [2.05, 4.69) is 0 Å². The fraction of sp³-hybridized carbons (Fsp3) is 0.250. The van der Waals surface area contributed by atoms with Gasteiger partial charge in [0.15, 0.2) is 0 Å². The van der Waals surface area contributed by atoms with Gasteiger partial charge < -0.3 is 15.7 Å². The minimum atomic E-state index is -5.08. The summed E-state index contributed by atoms with van der Waals surface area (Å²) < 4.78 is 62.5. The van der Waals surface area contributed by atoms with Gasteiger partial charge in [0.1, 0.15) is 16.1 Å². The van der Waals surface area contributed by atoms with E-state index in [-0.39, 0.29) is 22.5 Å². The van der Waals surface area contributed by atoms with Crippen molar-refractivity contribution in [1.29, 1.82) is 5.41 Å². The third-order valence-corrected chi connectivity index (χ3v) is 11.7. The predicted octanol–water partition coefficient (Wildman–Crippen LogP) is 5.83. The summed E-state index contributed by atoms with van der Waals surface area (Å²) in [5, 5.41) is 18.0. The number of nitrogen functional groups attached to an aromatic ring is 1. The highest BCUT2D eigenvalue weighted by molar-refractivity contribution is 7.91. The molecule has 44 heavy (non-hydrogen) atoms. The molecule has 1 unspecified atom stereocenters. The largest absolute Gasteiger partial charge is 0.490 e. The number of benzene rings is 2. The number of thiophene rings is 2. The van der Waals surface area contributed by atoms with Gasteiger partial charge in [-0.1, -0.05) is 41.9 Å². The van der Waals surface area contributed by atoms with Crippen molar-refractivity contribution in [3.8, 4) is 0 Å². The molecule has 0 bridgehead atoms. The smallest absolute Gasteiger partial charge is 0.475 e. The maximum Gasteiger partial charge on any atom is 0.490 e. The summed E-state index contributed by atoms with van der Waals surface area (Å²) in [5.74, 6) is -2.99. The molecule has 4 aromatic rings. The molecule has 16 heteroatoms. The van der Waals surface area contributed by atoms with Crippen molar-refractivity contribution in [2.75, 3.05) is 6.54 Å². The molecule has 1 amide bonds. The zero-order chi connectivity index (χ0) is 32.4. The van der Waals surface area contributed by atoms with Gasteiger partial charge in [0.2, 0.25) is 5.91 Å². The van der Waals surface area contributed by atoms with Crippen LogP contribution in [-0.2, 0) is 32.7 Å². The van der Waals surface area contributed by atoms with E-state index in [4.69, 9.17) is 32.6 Å². The van der Waals surface area contributed by atoms with Crippen molar-refractivity contribution in [1.82, 2.24) is 9.21 Å². The first-order valence-corrected chi connectivity index (χ1v) is 16.4. The molecule has 2 aromatic carbocycles. The second kappa shape index (κ2) is 13.2. The Morgan fingerprint density at radius 3 is 2.43 bits per heavy atom. The van der Waals surface area contributed by atoms with Crippen molar-refractivity contribution >= 4 is 72.1 Å². The molecule has 1 saturated heterocycles. The minimum Gasteiger partial charge on any atom is -0.475 e. The van der Waals surface area contributed by atoms with Gasteiger partial charge in [-0.2, -0.15) is 17.5 Å². The number of amides is 1. The van der Waals surface area contributed by atoms with Crippen LogP contribution in [0.3, 0.4) is 0 Å². The number of amidine groups is 1. The van der Waals surface area contributed by atoms with Crippen LogP contribution in [0.5, 0.6) is 0 Å². The number of carbonyl (C=O) groups excluding carboxylic acids is 1. The molecule has 0 saturated carbocycles. The maximum atomic E-state index is 14.2. The van der Waals surface area contributed by atoms with Gasteiger partial charge in [-0.15, -0.1) is 22.7 Å². The molecule has 4 N–H and O–H groups in total. The van der Waals surface area contributed by atoms with Gasteiger partial charge in [0.05, 0.1) is 4.88 Å². The van der Waals surface area contributed by atoms with Crippen LogP contribution < -0.4 is 5.73 Å². The molecule has 9 nitrogen and oxygen atoms in total. The van der Waals surface area contributed by atoms with E-state index in [0.29, 0.717) is 35.0 Å². The van der Waals surface area contributed by atoms with Crippen LogP contribution in [0.2, 0.25) is 5.02 Å². The summed E-state index contributed by atoms with van der Waals surface area (Å²) in [4.78, 5) is 24.8. The van der Waals surface area contributed by atoms with Crippen LogP contribution in [0.1, 0.15) is 28.0 Å². The molecule has 0 spiro atoms. The quantitative estimate of drug-likeness (QED) is 0.157. The van der Waals surface area contributed by atoms with E-state index >= 15 is 0 Å². The normalized spacial score (nSPS) is 15.5.